The average molecular weight is 583 g/mol. The molecule has 0 radical (unpaired) electrons. The Morgan fingerprint density at radius 2 is 1.51 bits per heavy atom. The first kappa shape index (κ1) is 29.7. The van der Waals surface area contributed by atoms with Crippen LogP contribution in [-0.4, -0.2) is 42.9 Å². The van der Waals surface area contributed by atoms with Gasteiger partial charge in [0.15, 0.2) is 6.61 Å². The average Bonchev–Trinajstić information content (AvgIpc) is 3.28. The Bertz CT molecular complexity index is 1520. The zero-order chi connectivity index (χ0) is 30.5. The molecule has 2 fully saturated rings. The molecule has 3 amide bonds. The highest BCUT2D eigenvalue weighted by Gasteiger charge is 2.50. The van der Waals surface area contributed by atoms with Crippen molar-refractivity contribution in [1.29, 1.82) is 0 Å². The summed E-state index contributed by atoms with van der Waals surface area (Å²) in [5.74, 6) is -2.61. The van der Waals surface area contributed by atoms with Gasteiger partial charge in [-0.25, -0.2) is 9.59 Å². The van der Waals surface area contributed by atoms with Crippen molar-refractivity contribution < 1.29 is 33.4 Å². The number of nitrogens with one attached hydrogen (secondary N) is 1. The Hall–Kier alpha value is -4.79. The molecule has 0 aromatic heterocycles. The highest BCUT2D eigenvalue weighted by Crippen LogP contribution is 2.45. The molecule has 1 aliphatic heterocycles. The second-order valence-electron chi connectivity index (χ2n) is 11.4. The van der Waals surface area contributed by atoms with Crippen LogP contribution >= 0.6 is 0 Å². The summed E-state index contributed by atoms with van der Waals surface area (Å²) < 4.78 is 10.4. The minimum Gasteiger partial charge on any atom is -0.462 e. The zero-order valence-corrected chi connectivity index (χ0v) is 24.2. The third kappa shape index (κ3) is 6.83. The first-order valence-electron chi connectivity index (χ1n) is 14.5. The van der Waals surface area contributed by atoms with Crippen molar-refractivity contribution >= 4 is 41.0 Å². The van der Waals surface area contributed by atoms with Crippen molar-refractivity contribution in [1.82, 2.24) is 0 Å². The Balaban J connectivity index is 1.17. The summed E-state index contributed by atoms with van der Waals surface area (Å²) in [6.07, 6.45) is 2.08. The van der Waals surface area contributed by atoms with E-state index < -0.39 is 30.4 Å². The number of rotatable bonds is 9. The van der Waals surface area contributed by atoms with Crippen molar-refractivity contribution in [3.8, 4) is 0 Å². The lowest BCUT2D eigenvalue weighted by Gasteiger charge is -2.28. The summed E-state index contributed by atoms with van der Waals surface area (Å²) in [5, 5.41) is 2.61. The van der Waals surface area contributed by atoms with Crippen molar-refractivity contribution in [3.05, 3.63) is 95.6 Å². The molecule has 1 saturated carbocycles. The summed E-state index contributed by atoms with van der Waals surface area (Å²) in [6, 6.07) is 22.4. The maximum Gasteiger partial charge on any atom is 0.338 e. The van der Waals surface area contributed by atoms with Gasteiger partial charge in [0.25, 0.3) is 5.91 Å². The largest absolute Gasteiger partial charge is 0.462 e. The molecule has 0 bridgehead atoms. The maximum atomic E-state index is 13.4. The quantitative estimate of drug-likeness (QED) is 0.266. The van der Waals surface area contributed by atoms with E-state index in [2.05, 4.69) is 17.4 Å². The van der Waals surface area contributed by atoms with E-state index in [1.165, 1.54) is 34.7 Å². The van der Waals surface area contributed by atoms with Gasteiger partial charge in [0.2, 0.25) is 11.8 Å². The zero-order valence-electron chi connectivity index (χ0n) is 24.2. The molecule has 5 rings (SSSR count). The van der Waals surface area contributed by atoms with Gasteiger partial charge in [0.05, 0.1) is 35.3 Å². The number of imide groups is 1. The fourth-order valence-corrected chi connectivity index (χ4v) is 5.66. The maximum absolute atomic E-state index is 13.4. The van der Waals surface area contributed by atoms with E-state index in [1.807, 2.05) is 32.0 Å². The Morgan fingerprint density at radius 3 is 2.23 bits per heavy atom. The lowest BCUT2D eigenvalue weighted by Crippen LogP contribution is -2.31. The second kappa shape index (κ2) is 13.0. The molecule has 3 aromatic carbocycles. The molecule has 2 aliphatic rings. The molecule has 3 atom stereocenters. The number of ether oxygens (including phenoxy) is 2. The number of benzene rings is 3. The van der Waals surface area contributed by atoms with Gasteiger partial charge in [0.1, 0.15) is 0 Å². The van der Waals surface area contributed by atoms with Crippen LogP contribution < -0.4 is 10.2 Å². The summed E-state index contributed by atoms with van der Waals surface area (Å²) in [7, 11) is 0. The number of amides is 3. The van der Waals surface area contributed by atoms with E-state index in [4.69, 9.17) is 9.47 Å². The van der Waals surface area contributed by atoms with Gasteiger partial charge < -0.3 is 14.8 Å². The fraction of sp³-hybridized carbons (Fsp3) is 0.324. The van der Waals surface area contributed by atoms with E-state index >= 15 is 0 Å². The van der Waals surface area contributed by atoms with Crippen LogP contribution in [0.4, 0.5) is 11.4 Å². The number of hydrogen-bond acceptors (Lipinski definition) is 7. The first-order chi connectivity index (χ1) is 20.7. The molecule has 1 heterocycles. The molecule has 3 aromatic rings. The number of esters is 2. The highest BCUT2D eigenvalue weighted by molar-refractivity contribution is 6.22. The predicted molar refractivity (Wildman–Crippen MR) is 159 cm³/mol. The highest BCUT2D eigenvalue weighted by atomic mass is 16.5. The Morgan fingerprint density at radius 1 is 0.814 bits per heavy atom. The molecule has 9 heteroatoms. The summed E-state index contributed by atoms with van der Waals surface area (Å²) in [6.45, 7) is 3.65. The van der Waals surface area contributed by atoms with E-state index in [-0.39, 0.29) is 35.1 Å². The van der Waals surface area contributed by atoms with E-state index in [0.29, 0.717) is 36.4 Å². The topological polar surface area (TPSA) is 119 Å². The number of carbonyl (C=O) groups excluding carboxylic acids is 5. The van der Waals surface area contributed by atoms with Gasteiger partial charge in [-0.15, -0.1) is 0 Å². The molecular formula is C34H34N2O7. The number of hydrogen-bond donors (Lipinski definition) is 1. The van der Waals surface area contributed by atoms with E-state index in [1.54, 1.807) is 24.3 Å². The van der Waals surface area contributed by atoms with E-state index in [9.17, 15) is 24.0 Å². The van der Waals surface area contributed by atoms with Crippen molar-refractivity contribution in [3.63, 3.8) is 0 Å². The lowest BCUT2D eigenvalue weighted by molar-refractivity contribution is -0.122. The van der Waals surface area contributed by atoms with Crippen molar-refractivity contribution in [2.75, 3.05) is 23.4 Å². The second-order valence-corrected chi connectivity index (χ2v) is 11.4. The number of anilines is 2. The van der Waals surface area contributed by atoms with Crippen LogP contribution in [0.2, 0.25) is 0 Å². The van der Waals surface area contributed by atoms with Gasteiger partial charge in [-0.05, 0) is 79.1 Å². The standard InChI is InChI=1S/C34H34N2O7/c1-21(2)19-42-33(40)23-11-14-26(15-12-23)35-30(37)20-43-34(41)25-9-6-10-27(17-25)36-31(38)28-16-13-24(18-29(28)32(36)39)22-7-4-3-5-8-22/h3-12,14-15,17,21,24,28-29H,13,16,18-20H2,1-2H3,(H,35,37)/t24-,28+,29+/m0/s1. The molecule has 222 valence electrons. The molecule has 0 spiro atoms. The van der Waals surface area contributed by atoms with Crippen LogP contribution in [0.1, 0.15) is 65.3 Å². The molecule has 9 nitrogen and oxygen atoms in total. The van der Waals surface area contributed by atoms with Crippen molar-refractivity contribution in [2.24, 2.45) is 17.8 Å². The fourth-order valence-electron chi connectivity index (χ4n) is 5.66. The number of fused-ring (bicyclic) bond motifs is 1. The van der Waals surface area contributed by atoms with Crippen LogP contribution in [0.25, 0.3) is 0 Å². The normalized spacial score (nSPS) is 19.6. The first-order valence-corrected chi connectivity index (χ1v) is 14.5. The third-order valence-electron chi connectivity index (χ3n) is 7.82. The number of nitrogens with zero attached hydrogens (tertiary/aromatic N) is 1. The number of carbonyl (C=O) groups is 5. The SMILES string of the molecule is CC(C)COC(=O)c1ccc(NC(=O)COC(=O)c2cccc(N3C(=O)[C@@H]4CC[C@H](c5ccccc5)C[C@H]4C3=O)c2)cc1. The molecule has 1 saturated heterocycles. The van der Waals surface area contributed by atoms with Gasteiger partial charge in [0, 0.05) is 5.69 Å². The molecule has 1 N–H and O–H groups in total. The van der Waals surface area contributed by atoms with Crippen LogP contribution in [0.5, 0.6) is 0 Å². The minimum absolute atomic E-state index is 0.118. The van der Waals surface area contributed by atoms with Crippen molar-refractivity contribution in [2.45, 2.75) is 39.0 Å². The molecule has 0 unspecified atom stereocenters. The summed E-state index contributed by atoms with van der Waals surface area (Å²) >= 11 is 0. The minimum atomic E-state index is -0.763. The summed E-state index contributed by atoms with van der Waals surface area (Å²) in [5.41, 5.74) is 2.38. The van der Waals surface area contributed by atoms with Gasteiger partial charge in [-0.1, -0.05) is 50.2 Å². The third-order valence-corrected chi connectivity index (χ3v) is 7.82. The van der Waals surface area contributed by atoms with Crippen LogP contribution in [-0.2, 0) is 23.9 Å². The smallest absolute Gasteiger partial charge is 0.338 e. The van der Waals surface area contributed by atoms with Crippen LogP contribution in [0.3, 0.4) is 0 Å². The van der Waals surface area contributed by atoms with Crippen LogP contribution in [0.15, 0.2) is 78.9 Å². The predicted octanol–water partition coefficient (Wildman–Crippen LogP) is 5.37. The molecule has 1 aliphatic carbocycles. The van der Waals surface area contributed by atoms with Gasteiger partial charge in [-0.3, -0.25) is 19.3 Å². The van der Waals surface area contributed by atoms with Gasteiger partial charge in [-0.2, -0.15) is 0 Å². The van der Waals surface area contributed by atoms with Crippen LogP contribution in [0, 0.1) is 17.8 Å². The Kier molecular flexibility index (Phi) is 8.99. The van der Waals surface area contributed by atoms with Gasteiger partial charge >= 0.3 is 11.9 Å². The lowest BCUT2D eigenvalue weighted by atomic mass is 9.73. The molecule has 43 heavy (non-hydrogen) atoms. The summed E-state index contributed by atoms with van der Waals surface area (Å²) in [4.78, 5) is 65.1. The monoisotopic (exact) mass is 582 g/mol. The van der Waals surface area contributed by atoms with E-state index in [0.717, 1.165) is 6.42 Å². The Labute approximate surface area is 250 Å². The molecular weight excluding hydrogens is 548 g/mol.